The van der Waals surface area contributed by atoms with Gasteiger partial charge in [-0.2, -0.15) is 4.79 Å². The quantitative estimate of drug-likeness (QED) is 0.277. The summed E-state index contributed by atoms with van der Waals surface area (Å²) in [5.41, 5.74) is 9.74. The molecule has 2 rings (SSSR count). The van der Waals surface area contributed by atoms with Crippen molar-refractivity contribution in [2.45, 2.75) is 6.61 Å². The van der Waals surface area contributed by atoms with E-state index >= 15 is 0 Å². The number of ether oxygens (including phenoxy) is 1. The lowest BCUT2D eigenvalue weighted by atomic mass is 10.1. The fourth-order valence-electron chi connectivity index (χ4n) is 1.73. The Labute approximate surface area is 121 Å². The summed E-state index contributed by atoms with van der Waals surface area (Å²) >= 11 is 0. The van der Waals surface area contributed by atoms with Crippen molar-refractivity contribution < 1.29 is 19.1 Å². The average molecular weight is 280 g/mol. The topological polar surface area (TPSA) is 79.8 Å². The highest BCUT2D eigenvalue weighted by molar-refractivity contribution is 6.33. The van der Waals surface area contributed by atoms with Crippen LogP contribution in [0.5, 0.6) is 0 Å². The largest absolute Gasteiger partial charge is 0.457 e. The van der Waals surface area contributed by atoms with E-state index in [-0.39, 0.29) is 17.7 Å². The molecule has 0 heterocycles. The van der Waals surface area contributed by atoms with Crippen molar-refractivity contribution in [2.24, 2.45) is 0 Å². The van der Waals surface area contributed by atoms with Gasteiger partial charge in [-0.25, -0.2) is 4.79 Å². The van der Waals surface area contributed by atoms with Crippen LogP contribution in [0, 0.1) is 0 Å². The highest BCUT2D eigenvalue weighted by Crippen LogP contribution is 2.09. The Bertz CT molecular complexity index is 704. The van der Waals surface area contributed by atoms with E-state index in [0.29, 0.717) is 0 Å². The normalized spacial score (nSPS) is 9.52. The van der Waals surface area contributed by atoms with Crippen molar-refractivity contribution in [1.29, 1.82) is 0 Å². The van der Waals surface area contributed by atoms with Crippen LogP contribution in [-0.4, -0.2) is 22.8 Å². The van der Waals surface area contributed by atoms with Crippen LogP contribution in [0.1, 0.15) is 26.3 Å². The van der Waals surface area contributed by atoms with Gasteiger partial charge in [0.1, 0.15) is 6.61 Å². The Morgan fingerprint density at radius 1 is 1.05 bits per heavy atom. The van der Waals surface area contributed by atoms with E-state index in [1.54, 1.807) is 12.1 Å². The molecule has 2 aromatic rings. The zero-order valence-corrected chi connectivity index (χ0v) is 11.1. The molecular weight excluding hydrogens is 268 g/mol. The van der Waals surface area contributed by atoms with Crippen LogP contribution in [0.4, 0.5) is 0 Å². The molecule has 0 fully saturated rings. The van der Waals surface area contributed by atoms with Crippen LogP contribution in [0.25, 0.3) is 5.53 Å². The fraction of sp³-hybridized carbons (Fsp3) is 0.0625. The fourth-order valence-corrected chi connectivity index (χ4v) is 1.73. The molecule has 5 heteroatoms. The highest BCUT2D eigenvalue weighted by atomic mass is 16.5. The van der Waals surface area contributed by atoms with Gasteiger partial charge in [0.05, 0.1) is 5.56 Å². The second-order valence-corrected chi connectivity index (χ2v) is 4.25. The molecule has 0 atom stereocenters. The van der Waals surface area contributed by atoms with Crippen LogP contribution >= 0.6 is 0 Å². The van der Waals surface area contributed by atoms with Crippen molar-refractivity contribution >= 4 is 18.0 Å². The van der Waals surface area contributed by atoms with Gasteiger partial charge in [-0.1, -0.05) is 42.5 Å². The first-order valence-electron chi connectivity index (χ1n) is 6.23. The molecule has 0 unspecified atom stereocenters. The van der Waals surface area contributed by atoms with Crippen molar-refractivity contribution in [3.63, 3.8) is 0 Å². The second-order valence-electron chi connectivity index (χ2n) is 4.25. The van der Waals surface area contributed by atoms with E-state index in [9.17, 15) is 9.59 Å². The first-order chi connectivity index (χ1) is 10.2. The maximum Gasteiger partial charge on any atom is 0.338 e. The summed E-state index contributed by atoms with van der Waals surface area (Å²) < 4.78 is 5.18. The number of Topliss-reactive ketones (excluding diaryl/α,β-unsaturated/α-hetero) is 1. The minimum Gasteiger partial charge on any atom is -0.457 e. The molecule has 21 heavy (non-hydrogen) atoms. The number of rotatable bonds is 5. The maximum absolute atomic E-state index is 11.9. The van der Waals surface area contributed by atoms with Crippen molar-refractivity contribution in [3.8, 4) is 0 Å². The van der Waals surface area contributed by atoms with Crippen LogP contribution in [0.2, 0.25) is 0 Å². The molecule has 0 amide bonds. The Kier molecular flexibility index (Phi) is 4.75. The smallest absolute Gasteiger partial charge is 0.338 e. The van der Waals surface area contributed by atoms with Crippen molar-refractivity contribution in [3.05, 3.63) is 76.8 Å². The zero-order valence-electron chi connectivity index (χ0n) is 11.1. The Morgan fingerprint density at radius 2 is 1.76 bits per heavy atom. The molecule has 0 saturated carbocycles. The monoisotopic (exact) mass is 280 g/mol. The molecule has 0 bridgehead atoms. The number of nitrogens with zero attached hydrogens (tertiary/aromatic N) is 2. The number of carbonyl (C=O) groups excluding carboxylic acids is 2. The van der Waals surface area contributed by atoms with E-state index in [2.05, 4.69) is 4.79 Å². The second kappa shape index (κ2) is 6.93. The molecule has 0 aliphatic heterocycles. The Morgan fingerprint density at radius 3 is 2.48 bits per heavy atom. The maximum atomic E-state index is 11.9. The third-order valence-electron chi connectivity index (χ3n) is 2.77. The molecule has 0 aliphatic rings. The number of carbonyl (C=O) groups is 2. The Hall–Kier alpha value is -3.04. The SMILES string of the molecule is [N-]=[N+]=CC(=O)c1cccc(C(=O)OCc2ccccc2)c1. The van der Waals surface area contributed by atoms with E-state index < -0.39 is 11.8 Å². The minimum absolute atomic E-state index is 0.163. The molecule has 0 saturated heterocycles. The van der Waals surface area contributed by atoms with Gasteiger partial charge in [0.25, 0.3) is 5.78 Å². The van der Waals surface area contributed by atoms with E-state index in [1.165, 1.54) is 12.1 Å². The van der Waals surface area contributed by atoms with Crippen LogP contribution in [0.15, 0.2) is 54.6 Å². The van der Waals surface area contributed by atoms with Gasteiger partial charge < -0.3 is 10.3 Å². The first kappa shape index (κ1) is 14.4. The predicted molar refractivity (Wildman–Crippen MR) is 76.0 cm³/mol. The minimum atomic E-state index is -0.519. The predicted octanol–water partition coefficient (Wildman–Crippen LogP) is 2.53. The molecule has 0 N–H and O–H groups in total. The van der Waals surface area contributed by atoms with Crippen molar-refractivity contribution in [1.82, 2.24) is 0 Å². The number of benzene rings is 2. The van der Waals surface area contributed by atoms with Crippen LogP contribution in [-0.2, 0) is 11.3 Å². The van der Waals surface area contributed by atoms with Gasteiger partial charge in [0.15, 0.2) is 0 Å². The summed E-state index contributed by atoms with van der Waals surface area (Å²) in [4.78, 5) is 26.1. The number of hydrogen-bond acceptors (Lipinski definition) is 3. The zero-order chi connectivity index (χ0) is 15.1. The summed E-state index contributed by atoms with van der Waals surface area (Å²) in [6, 6.07) is 15.3. The van der Waals surface area contributed by atoms with Gasteiger partial charge in [0, 0.05) is 5.56 Å². The molecule has 0 aliphatic carbocycles. The highest BCUT2D eigenvalue weighted by Gasteiger charge is 2.12. The van der Waals surface area contributed by atoms with Gasteiger partial charge >= 0.3 is 12.2 Å². The summed E-state index contributed by atoms with van der Waals surface area (Å²) in [6.45, 7) is 0.163. The first-order valence-corrected chi connectivity index (χ1v) is 6.23. The Balaban J connectivity index is 2.07. The standard InChI is InChI=1S/C16H12N2O3/c17-18-10-15(19)13-7-4-8-14(9-13)16(20)21-11-12-5-2-1-3-6-12/h1-10H,11H2. The van der Waals surface area contributed by atoms with Crippen molar-refractivity contribution in [2.75, 3.05) is 0 Å². The molecule has 2 aromatic carbocycles. The summed E-state index contributed by atoms with van der Waals surface area (Å²) in [6.07, 6.45) is 0.772. The van der Waals surface area contributed by atoms with Gasteiger partial charge in [-0.15, -0.1) is 0 Å². The third-order valence-corrected chi connectivity index (χ3v) is 2.77. The molecular formula is C16H12N2O3. The van der Waals surface area contributed by atoms with Gasteiger partial charge in [-0.05, 0) is 17.7 Å². The van der Waals surface area contributed by atoms with Gasteiger partial charge in [0.2, 0.25) is 0 Å². The number of esters is 1. The van der Waals surface area contributed by atoms with Gasteiger partial charge in [-0.3, -0.25) is 4.79 Å². The number of hydrogen-bond donors (Lipinski definition) is 0. The molecule has 104 valence electrons. The molecule has 0 radical (unpaired) electrons. The lowest BCUT2D eigenvalue weighted by molar-refractivity contribution is 0.00233. The van der Waals surface area contributed by atoms with E-state index in [0.717, 1.165) is 11.8 Å². The molecule has 0 spiro atoms. The third kappa shape index (κ3) is 3.96. The number of ketones is 1. The lowest BCUT2D eigenvalue weighted by Gasteiger charge is -2.05. The summed E-state index contributed by atoms with van der Waals surface area (Å²) in [7, 11) is 0. The average Bonchev–Trinajstić information content (AvgIpc) is 2.54. The summed E-state index contributed by atoms with van der Waals surface area (Å²) in [5.74, 6) is -1.01. The van der Waals surface area contributed by atoms with Crippen LogP contribution < -0.4 is 0 Å². The lowest BCUT2D eigenvalue weighted by Crippen LogP contribution is -2.08. The summed E-state index contributed by atoms with van der Waals surface area (Å²) in [5, 5.41) is 0. The van der Waals surface area contributed by atoms with E-state index in [4.69, 9.17) is 10.3 Å². The van der Waals surface area contributed by atoms with Crippen LogP contribution in [0.3, 0.4) is 0 Å². The molecule has 0 aromatic heterocycles. The van der Waals surface area contributed by atoms with E-state index in [1.807, 2.05) is 30.3 Å². The molecule has 5 nitrogen and oxygen atoms in total.